The summed E-state index contributed by atoms with van der Waals surface area (Å²) in [6, 6.07) is 5.39. The molecule has 1 aromatic carbocycles. The molecule has 7 heteroatoms. The van der Waals surface area contributed by atoms with Crippen LogP contribution in [0.5, 0.6) is 0 Å². The fourth-order valence-electron chi connectivity index (χ4n) is 1.02. The first kappa shape index (κ1) is 16.3. The molecule has 0 saturated carbocycles. The van der Waals surface area contributed by atoms with Gasteiger partial charge in [-0.25, -0.2) is 8.42 Å². The Hall–Kier alpha value is -0.660. The zero-order valence-corrected chi connectivity index (χ0v) is 12.4. The van der Waals surface area contributed by atoms with E-state index in [2.05, 4.69) is 11.9 Å². The van der Waals surface area contributed by atoms with E-state index in [4.69, 9.17) is 0 Å². The van der Waals surface area contributed by atoms with E-state index in [0.717, 1.165) is 6.07 Å². The van der Waals surface area contributed by atoms with Crippen LogP contribution in [0.1, 0.15) is 6.92 Å². The molecular weight excluding hydrogens is 253 g/mol. The van der Waals surface area contributed by atoms with Crippen molar-refractivity contribution in [1.82, 2.24) is 0 Å². The number of rotatable bonds is 3. The first-order valence-electron chi connectivity index (χ1n) is 4.34. The van der Waals surface area contributed by atoms with Crippen LogP contribution in [0.15, 0.2) is 41.3 Å². The maximum absolute atomic E-state index is 11.3. The summed E-state index contributed by atoms with van der Waals surface area (Å²) >= 11 is 0. The monoisotopic (exact) mass is 263 g/mol. The molecule has 0 spiro atoms. The summed E-state index contributed by atoms with van der Waals surface area (Å²) in [4.78, 5) is 10.8. The van der Waals surface area contributed by atoms with Crippen molar-refractivity contribution in [2.75, 3.05) is 5.32 Å². The van der Waals surface area contributed by atoms with E-state index in [1.54, 1.807) is 0 Å². The molecule has 86 valence electrons. The smallest absolute Gasteiger partial charge is 0.744 e. The largest absolute Gasteiger partial charge is 1.00 e. The third-order valence-electron chi connectivity index (χ3n) is 1.79. The molecular formula is C10H10NNaO4S. The number of hydrogen-bond acceptors (Lipinski definition) is 4. The Morgan fingerprint density at radius 2 is 1.88 bits per heavy atom. The third-order valence-corrected chi connectivity index (χ3v) is 2.69. The number of carbonyl (C=O) groups excluding carboxylic acids is 1. The van der Waals surface area contributed by atoms with Crippen LogP contribution in [0, 0.1) is 0 Å². The summed E-state index contributed by atoms with van der Waals surface area (Å²) in [6.07, 6.45) is 0. The SMILES string of the molecule is C=C(C)C(=O)Nc1ccccc1S(=O)(=O)[O-].[Na+]. The Bertz CT molecular complexity index is 539. The van der Waals surface area contributed by atoms with Crippen LogP contribution in [-0.2, 0) is 14.9 Å². The molecule has 0 heterocycles. The molecule has 0 unspecified atom stereocenters. The summed E-state index contributed by atoms with van der Waals surface area (Å²) in [6.45, 7) is 4.88. The van der Waals surface area contributed by atoms with Crippen LogP contribution in [-0.4, -0.2) is 18.9 Å². The van der Waals surface area contributed by atoms with Crippen LogP contribution in [0.25, 0.3) is 0 Å². The topological polar surface area (TPSA) is 86.3 Å². The van der Waals surface area contributed by atoms with Gasteiger partial charge in [0.25, 0.3) is 5.91 Å². The molecule has 0 atom stereocenters. The van der Waals surface area contributed by atoms with E-state index in [1.807, 2.05) is 0 Å². The second-order valence-corrected chi connectivity index (χ2v) is 4.53. The number of benzene rings is 1. The van der Waals surface area contributed by atoms with E-state index >= 15 is 0 Å². The fraction of sp³-hybridized carbons (Fsp3) is 0.100. The number of anilines is 1. The van der Waals surface area contributed by atoms with Crippen molar-refractivity contribution in [1.29, 1.82) is 0 Å². The summed E-state index contributed by atoms with van der Waals surface area (Å²) < 4.78 is 32.6. The predicted octanol–water partition coefficient (Wildman–Crippen LogP) is -1.89. The molecule has 0 aliphatic rings. The van der Waals surface area contributed by atoms with Crippen molar-refractivity contribution in [2.45, 2.75) is 11.8 Å². The van der Waals surface area contributed by atoms with Gasteiger partial charge < -0.3 is 9.87 Å². The quantitative estimate of drug-likeness (QED) is 0.392. The minimum atomic E-state index is -4.60. The number of para-hydroxylation sites is 1. The zero-order valence-electron chi connectivity index (χ0n) is 9.56. The van der Waals surface area contributed by atoms with Gasteiger partial charge in [0.05, 0.1) is 10.6 Å². The molecule has 1 N–H and O–H groups in total. The predicted molar refractivity (Wildman–Crippen MR) is 57.8 cm³/mol. The number of carbonyl (C=O) groups is 1. The van der Waals surface area contributed by atoms with Gasteiger partial charge in [-0.1, -0.05) is 18.7 Å². The molecule has 1 rings (SSSR count). The van der Waals surface area contributed by atoms with Gasteiger partial charge >= 0.3 is 29.6 Å². The van der Waals surface area contributed by atoms with Gasteiger partial charge in [0, 0.05) is 5.57 Å². The fourth-order valence-corrected chi connectivity index (χ4v) is 1.65. The minimum Gasteiger partial charge on any atom is -0.744 e. The first-order valence-corrected chi connectivity index (χ1v) is 5.75. The second-order valence-electron chi connectivity index (χ2n) is 3.18. The van der Waals surface area contributed by atoms with E-state index in [-0.39, 0.29) is 40.8 Å². The summed E-state index contributed by atoms with van der Waals surface area (Å²) in [5.74, 6) is -0.531. The maximum atomic E-state index is 11.3. The summed E-state index contributed by atoms with van der Waals surface area (Å²) in [5, 5.41) is 2.30. The van der Waals surface area contributed by atoms with Crippen molar-refractivity contribution in [2.24, 2.45) is 0 Å². The standard InChI is InChI=1S/C10H11NO4S.Na/c1-7(2)10(12)11-8-5-3-4-6-9(8)16(13,14)15;/h3-6H,1H2,2H3,(H,11,12)(H,13,14,15);/q;+1/p-1. The molecule has 0 saturated heterocycles. The molecule has 0 bridgehead atoms. The van der Waals surface area contributed by atoms with Crippen LogP contribution in [0.3, 0.4) is 0 Å². The van der Waals surface area contributed by atoms with Crippen LogP contribution in [0.2, 0.25) is 0 Å². The Kier molecular flexibility index (Phi) is 6.08. The van der Waals surface area contributed by atoms with Gasteiger partial charge in [-0.2, -0.15) is 0 Å². The molecule has 5 nitrogen and oxygen atoms in total. The van der Waals surface area contributed by atoms with Crippen LogP contribution < -0.4 is 34.9 Å². The number of nitrogens with one attached hydrogen (secondary N) is 1. The summed E-state index contributed by atoms with van der Waals surface area (Å²) in [5.41, 5.74) is 0.184. The Morgan fingerprint density at radius 1 is 1.35 bits per heavy atom. The van der Waals surface area contributed by atoms with Gasteiger partial charge in [-0.15, -0.1) is 0 Å². The first-order chi connectivity index (χ1) is 7.32. The Balaban J connectivity index is 0.00000256. The molecule has 17 heavy (non-hydrogen) atoms. The van der Waals surface area contributed by atoms with Gasteiger partial charge in [-0.3, -0.25) is 4.79 Å². The van der Waals surface area contributed by atoms with Gasteiger partial charge in [0.2, 0.25) is 0 Å². The van der Waals surface area contributed by atoms with Gasteiger partial charge in [0.1, 0.15) is 10.1 Å². The van der Waals surface area contributed by atoms with Crippen LogP contribution >= 0.6 is 0 Å². The third kappa shape index (κ3) is 4.61. The number of hydrogen-bond donors (Lipinski definition) is 1. The number of amides is 1. The van der Waals surface area contributed by atoms with Crippen molar-refractivity contribution in [3.8, 4) is 0 Å². The Labute approximate surface area is 122 Å². The Morgan fingerprint density at radius 3 is 2.35 bits per heavy atom. The van der Waals surface area contributed by atoms with E-state index < -0.39 is 20.9 Å². The van der Waals surface area contributed by atoms with Gasteiger partial charge in [-0.05, 0) is 19.1 Å². The second kappa shape index (κ2) is 6.32. The molecule has 0 aliphatic carbocycles. The van der Waals surface area contributed by atoms with Crippen molar-refractivity contribution in [3.63, 3.8) is 0 Å². The van der Waals surface area contributed by atoms with Crippen LogP contribution in [0.4, 0.5) is 5.69 Å². The average molecular weight is 263 g/mol. The van der Waals surface area contributed by atoms with E-state index in [9.17, 15) is 17.8 Å². The minimum absolute atomic E-state index is 0. The maximum Gasteiger partial charge on any atom is 1.00 e. The normalized spacial score (nSPS) is 10.2. The average Bonchev–Trinajstić information content (AvgIpc) is 2.16. The van der Waals surface area contributed by atoms with E-state index in [0.29, 0.717) is 0 Å². The molecule has 0 aliphatic heterocycles. The van der Waals surface area contributed by atoms with E-state index in [1.165, 1.54) is 25.1 Å². The molecule has 0 fully saturated rings. The van der Waals surface area contributed by atoms with Crippen molar-refractivity contribution >= 4 is 21.7 Å². The van der Waals surface area contributed by atoms with Crippen molar-refractivity contribution < 1.29 is 47.3 Å². The molecule has 1 aromatic rings. The zero-order chi connectivity index (χ0) is 12.3. The molecule has 0 aromatic heterocycles. The molecule has 0 radical (unpaired) electrons. The van der Waals surface area contributed by atoms with Gasteiger partial charge in [0.15, 0.2) is 0 Å². The summed E-state index contributed by atoms with van der Waals surface area (Å²) in [7, 11) is -4.60. The van der Waals surface area contributed by atoms with Crippen molar-refractivity contribution in [3.05, 3.63) is 36.4 Å². The molecule has 1 amide bonds.